The zero-order valence-electron chi connectivity index (χ0n) is 12.5. The van der Waals surface area contributed by atoms with Gasteiger partial charge in [-0.15, -0.1) is 0 Å². The van der Waals surface area contributed by atoms with Crippen molar-refractivity contribution in [2.45, 2.75) is 45.6 Å². The van der Waals surface area contributed by atoms with Crippen LogP contribution >= 0.6 is 0 Å². The Labute approximate surface area is 117 Å². The summed E-state index contributed by atoms with van der Waals surface area (Å²) in [4.78, 5) is 2.48. The minimum Gasteiger partial charge on any atom is -0.508 e. The van der Waals surface area contributed by atoms with Gasteiger partial charge < -0.3 is 10.8 Å². The van der Waals surface area contributed by atoms with E-state index >= 15 is 0 Å². The molecule has 0 aromatic heterocycles. The summed E-state index contributed by atoms with van der Waals surface area (Å²) in [5.74, 6) is 0.328. The molecular formula is C16H28N2O. The Bertz CT molecular complexity index is 375. The summed E-state index contributed by atoms with van der Waals surface area (Å²) in [6, 6.07) is 7.50. The highest BCUT2D eigenvalue weighted by molar-refractivity contribution is 5.28. The van der Waals surface area contributed by atoms with E-state index < -0.39 is 0 Å². The van der Waals surface area contributed by atoms with E-state index in [0.29, 0.717) is 12.3 Å². The number of hydrogen-bond donors (Lipinski definition) is 2. The highest BCUT2D eigenvalue weighted by atomic mass is 16.3. The molecule has 0 fully saturated rings. The van der Waals surface area contributed by atoms with Crippen LogP contribution in [0.25, 0.3) is 0 Å². The van der Waals surface area contributed by atoms with Crippen molar-refractivity contribution in [2.75, 3.05) is 19.6 Å². The summed E-state index contributed by atoms with van der Waals surface area (Å²) in [6.45, 7) is 9.40. The van der Waals surface area contributed by atoms with Crippen molar-refractivity contribution in [3.63, 3.8) is 0 Å². The van der Waals surface area contributed by atoms with E-state index in [-0.39, 0.29) is 5.54 Å². The Morgan fingerprint density at radius 2 is 1.84 bits per heavy atom. The lowest BCUT2D eigenvalue weighted by atomic mass is 9.90. The van der Waals surface area contributed by atoms with Gasteiger partial charge in [0.25, 0.3) is 0 Å². The van der Waals surface area contributed by atoms with Crippen molar-refractivity contribution >= 4 is 0 Å². The standard InChI is InChI=1S/C16H28N2O/c1-4-9-18(10-5-2)16(3,13-17)12-14-7-6-8-15(19)11-14/h6-8,11,19H,4-5,9-10,12-13,17H2,1-3H3. The molecule has 0 heterocycles. The van der Waals surface area contributed by atoms with Crippen molar-refractivity contribution in [2.24, 2.45) is 5.73 Å². The summed E-state index contributed by atoms with van der Waals surface area (Å²) in [5, 5.41) is 9.58. The minimum atomic E-state index is -0.0419. The largest absolute Gasteiger partial charge is 0.508 e. The van der Waals surface area contributed by atoms with Gasteiger partial charge in [-0.2, -0.15) is 0 Å². The lowest BCUT2D eigenvalue weighted by molar-refractivity contribution is 0.110. The average molecular weight is 264 g/mol. The van der Waals surface area contributed by atoms with Crippen LogP contribution in [-0.2, 0) is 6.42 Å². The molecule has 1 aromatic rings. The topological polar surface area (TPSA) is 49.5 Å². The van der Waals surface area contributed by atoms with Crippen LogP contribution in [0.3, 0.4) is 0 Å². The molecule has 0 bridgehead atoms. The minimum absolute atomic E-state index is 0.0419. The second-order valence-corrected chi connectivity index (χ2v) is 5.53. The lowest BCUT2D eigenvalue weighted by Crippen LogP contribution is -2.53. The molecule has 0 aliphatic rings. The SMILES string of the molecule is CCCN(CCC)C(C)(CN)Cc1cccc(O)c1. The van der Waals surface area contributed by atoms with Crippen LogP contribution in [0, 0.1) is 0 Å². The molecule has 0 spiro atoms. The second-order valence-electron chi connectivity index (χ2n) is 5.53. The van der Waals surface area contributed by atoms with Crippen LogP contribution in [-0.4, -0.2) is 35.2 Å². The van der Waals surface area contributed by atoms with Gasteiger partial charge in [0.2, 0.25) is 0 Å². The van der Waals surface area contributed by atoms with Crippen LogP contribution in [0.1, 0.15) is 39.2 Å². The van der Waals surface area contributed by atoms with Gasteiger partial charge in [-0.3, -0.25) is 4.90 Å². The van der Waals surface area contributed by atoms with Gasteiger partial charge in [0.15, 0.2) is 0 Å². The fourth-order valence-corrected chi connectivity index (χ4v) is 2.61. The van der Waals surface area contributed by atoms with Crippen LogP contribution in [0.5, 0.6) is 5.75 Å². The van der Waals surface area contributed by atoms with Crippen molar-refractivity contribution in [3.05, 3.63) is 29.8 Å². The molecule has 1 aromatic carbocycles. The van der Waals surface area contributed by atoms with Gasteiger partial charge in [-0.1, -0.05) is 26.0 Å². The molecule has 3 heteroatoms. The first-order valence-electron chi connectivity index (χ1n) is 7.28. The van der Waals surface area contributed by atoms with Crippen LogP contribution in [0.4, 0.5) is 0 Å². The molecule has 3 N–H and O–H groups in total. The molecule has 0 saturated carbocycles. The van der Waals surface area contributed by atoms with Crippen LogP contribution in [0.15, 0.2) is 24.3 Å². The van der Waals surface area contributed by atoms with E-state index in [1.54, 1.807) is 6.07 Å². The molecule has 3 nitrogen and oxygen atoms in total. The van der Waals surface area contributed by atoms with Crippen molar-refractivity contribution in [1.82, 2.24) is 4.90 Å². The highest BCUT2D eigenvalue weighted by Crippen LogP contribution is 2.23. The molecule has 0 aliphatic heterocycles. The zero-order chi connectivity index (χ0) is 14.3. The maximum atomic E-state index is 9.58. The molecule has 1 unspecified atom stereocenters. The van der Waals surface area contributed by atoms with Gasteiger partial charge >= 0.3 is 0 Å². The van der Waals surface area contributed by atoms with Crippen molar-refractivity contribution in [3.8, 4) is 5.75 Å². The number of hydrogen-bond acceptors (Lipinski definition) is 3. The molecule has 19 heavy (non-hydrogen) atoms. The highest BCUT2D eigenvalue weighted by Gasteiger charge is 2.29. The smallest absolute Gasteiger partial charge is 0.115 e. The van der Waals surface area contributed by atoms with Gasteiger partial charge in [0, 0.05) is 12.1 Å². The first-order valence-corrected chi connectivity index (χ1v) is 7.28. The monoisotopic (exact) mass is 264 g/mol. The number of aromatic hydroxyl groups is 1. The number of rotatable bonds is 8. The summed E-state index contributed by atoms with van der Waals surface area (Å²) in [5.41, 5.74) is 7.15. The van der Waals surface area contributed by atoms with E-state index in [4.69, 9.17) is 5.73 Å². The third kappa shape index (κ3) is 4.51. The number of nitrogens with two attached hydrogens (primary N) is 1. The molecule has 108 valence electrons. The predicted octanol–water partition coefficient (Wildman–Crippen LogP) is 2.77. The van der Waals surface area contributed by atoms with E-state index in [1.807, 2.05) is 12.1 Å². The molecule has 1 atom stereocenters. The van der Waals surface area contributed by atoms with Gasteiger partial charge in [-0.05, 0) is 57.0 Å². The van der Waals surface area contributed by atoms with Gasteiger partial charge in [0.1, 0.15) is 5.75 Å². The van der Waals surface area contributed by atoms with E-state index in [1.165, 1.54) is 0 Å². The van der Waals surface area contributed by atoms with Crippen molar-refractivity contribution < 1.29 is 5.11 Å². The quantitative estimate of drug-likeness (QED) is 0.759. The summed E-state index contributed by atoms with van der Waals surface area (Å²) >= 11 is 0. The Hall–Kier alpha value is -1.06. The zero-order valence-corrected chi connectivity index (χ0v) is 12.5. The third-order valence-electron chi connectivity index (χ3n) is 3.69. The third-order valence-corrected chi connectivity index (χ3v) is 3.69. The van der Waals surface area contributed by atoms with E-state index in [0.717, 1.165) is 37.9 Å². The first kappa shape index (κ1) is 16.0. The normalized spacial score (nSPS) is 14.6. The maximum absolute atomic E-state index is 9.58. The predicted molar refractivity (Wildman–Crippen MR) is 81.4 cm³/mol. The van der Waals surface area contributed by atoms with Crippen LogP contribution in [0.2, 0.25) is 0 Å². The number of nitrogens with zero attached hydrogens (tertiary/aromatic N) is 1. The lowest BCUT2D eigenvalue weighted by Gasteiger charge is -2.41. The summed E-state index contributed by atoms with van der Waals surface area (Å²) < 4.78 is 0. The Morgan fingerprint density at radius 3 is 2.32 bits per heavy atom. The fraction of sp³-hybridized carbons (Fsp3) is 0.625. The molecular weight excluding hydrogens is 236 g/mol. The fourth-order valence-electron chi connectivity index (χ4n) is 2.61. The Balaban J connectivity index is 2.88. The number of benzene rings is 1. The van der Waals surface area contributed by atoms with Gasteiger partial charge in [-0.25, -0.2) is 0 Å². The maximum Gasteiger partial charge on any atom is 0.115 e. The number of phenolic OH excluding ortho intramolecular Hbond substituents is 1. The van der Waals surface area contributed by atoms with Crippen LogP contribution < -0.4 is 5.73 Å². The molecule has 0 saturated heterocycles. The Kier molecular flexibility index (Phi) is 6.32. The molecule has 1 rings (SSSR count). The molecule has 0 radical (unpaired) electrons. The average Bonchev–Trinajstić information content (AvgIpc) is 2.38. The van der Waals surface area contributed by atoms with E-state index in [9.17, 15) is 5.11 Å². The first-order chi connectivity index (χ1) is 9.05. The van der Waals surface area contributed by atoms with E-state index in [2.05, 4.69) is 31.7 Å². The second kappa shape index (κ2) is 7.51. The van der Waals surface area contributed by atoms with Gasteiger partial charge in [0.05, 0.1) is 0 Å². The molecule has 0 amide bonds. The summed E-state index contributed by atoms with van der Waals surface area (Å²) in [6.07, 6.45) is 3.14. The number of phenols is 1. The summed E-state index contributed by atoms with van der Waals surface area (Å²) in [7, 11) is 0. The Morgan fingerprint density at radius 1 is 1.21 bits per heavy atom. The molecule has 0 aliphatic carbocycles. The van der Waals surface area contributed by atoms with Crippen molar-refractivity contribution in [1.29, 1.82) is 0 Å².